The first-order chi connectivity index (χ1) is 10.9. The number of aryl methyl sites for hydroxylation is 1. The van der Waals surface area contributed by atoms with Gasteiger partial charge < -0.3 is 9.53 Å². The average molecular weight is 334 g/mol. The Kier molecular flexibility index (Phi) is 5.38. The van der Waals surface area contributed by atoms with Crippen molar-refractivity contribution in [3.8, 4) is 10.6 Å². The number of aromatic nitrogens is 3. The van der Waals surface area contributed by atoms with Gasteiger partial charge in [0.25, 0.3) is 0 Å². The Morgan fingerprint density at radius 1 is 1.35 bits per heavy atom. The van der Waals surface area contributed by atoms with E-state index in [-0.39, 0.29) is 5.95 Å². The van der Waals surface area contributed by atoms with E-state index >= 15 is 0 Å². The van der Waals surface area contributed by atoms with Gasteiger partial charge in [-0.25, -0.2) is 19.7 Å². The average Bonchev–Trinajstić information content (AvgIpc) is 2.92. The van der Waals surface area contributed by atoms with Crippen LogP contribution in [0.4, 0.5) is 10.7 Å². The molecule has 2 rings (SSSR count). The van der Waals surface area contributed by atoms with Crippen molar-refractivity contribution in [1.82, 2.24) is 15.0 Å². The second-order valence-corrected chi connectivity index (χ2v) is 6.63. The number of nitrogens with one attached hydrogen (secondary N) is 1. The highest BCUT2D eigenvalue weighted by molar-refractivity contribution is 7.13. The SMILES string of the molecule is CC(C)(C)OC(=O)Nc1ncc(-c2nc(CCC=O)cs2)cn1. The lowest BCUT2D eigenvalue weighted by atomic mass is 10.2. The Morgan fingerprint density at radius 3 is 2.65 bits per heavy atom. The molecule has 2 heterocycles. The minimum absolute atomic E-state index is 0.167. The molecule has 122 valence electrons. The summed E-state index contributed by atoms with van der Waals surface area (Å²) >= 11 is 1.46. The molecule has 0 fully saturated rings. The number of amides is 1. The number of carbonyl (C=O) groups is 2. The monoisotopic (exact) mass is 334 g/mol. The van der Waals surface area contributed by atoms with Crippen molar-refractivity contribution < 1.29 is 14.3 Å². The topological polar surface area (TPSA) is 94.1 Å². The van der Waals surface area contributed by atoms with E-state index in [9.17, 15) is 9.59 Å². The third-order valence-electron chi connectivity index (χ3n) is 2.58. The maximum Gasteiger partial charge on any atom is 0.414 e. The van der Waals surface area contributed by atoms with E-state index in [0.717, 1.165) is 22.6 Å². The van der Waals surface area contributed by atoms with Crippen molar-refractivity contribution >= 4 is 29.7 Å². The number of rotatable bonds is 5. The van der Waals surface area contributed by atoms with E-state index in [2.05, 4.69) is 20.3 Å². The molecule has 0 saturated carbocycles. The van der Waals surface area contributed by atoms with Gasteiger partial charge in [0.2, 0.25) is 5.95 Å². The molecule has 2 aromatic heterocycles. The second-order valence-electron chi connectivity index (χ2n) is 5.77. The van der Waals surface area contributed by atoms with E-state index in [0.29, 0.717) is 12.8 Å². The zero-order valence-corrected chi connectivity index (χ0v) is 14.0. The van der Waals surface area contributed by atoms with Crippen LogP contribution in [0.1, 0.15) is 32.9 Å². The lowest BCUT2D eigenvalue weighted by molar-refractivity contribution is -0.107. The van der Waals surface area contributed by atoms with Crippen LogP contribution < -0.4 is 5.32 Å². The lowest BCUT2D eigenvalue weighted by Gasteiger charge is -2.19. The first-order valence-corrected chi connectivity index (χ1v) is 7.96. The van der Waals surface area contributed by atoms with Crippen LogP contribution in [-0.4, -0.2) is 32.9 Å². The van der Waals surface area contributed by atoms with Gasteiger partial charge in [-0.3, -0.25) is 5.32 Å². The van der Waals surface area contributed by atoms with Crippen LogP contribution in [0.5, 0.6) is 0 Å². The number of nitrogens with zero attached hydrogens (tertiary/aromatic N) is 3. The number of carbonyl (C=O) groups excluding carboxylic acids is 2. The summed E-state index contributed by atoms with van der Waals surface area (Å²) in [6.07, 6.45) is 4.52. The maximum atomic E-state index is 11.6. The van der Waals surface area contributed by atoms with Crippen molar-refractivity contribution in [1.29, 1.82) is 0 Å². The Morgan fingerprint density at radius 2 is 2.04 bits per heavy atom. The van der Waals surface area contributed by atoms with Gasteiger partial charge in [-0.1, -0.05) is 0 Å². The van der Waals surface area contributed by atoms with Crippen LogP contribution in [0, 0.1) is 0 Å². The summed E-state index contributed by atoms with van der Waals surface area (Å²) in [6, 6.07) is 0. The minimum atomic E-state index is -0.601. The van der Waals surface area contributed by atoms with Gasteiger partial charge in [-0.15, -0.1) is 11.3 Å². The number of hydrogen-bond donors (Lipinski definition) is 1. The second kappa shape index (κ2) is 7.28. The molecule has 7 nitrogen and oxygen atoms in total. The Bertz CT molecular complexity index is 677. The summed E-state index contributed by atoms with van der Waals surface area (Å²) < 4.78 is 5.13. The van der Waals surface area contributed by atoms with Crippen molar-refractivity contribution in [2.75, 3.05) is 5.32 Å². The highest BCUT2D eigenvalue weighted by Gasteiger charge is 2.17. The van der Waals surface area contributed by atoms with Crippen LogP contribution in [0.15, 0.2) is 17.8 Å². The summed E-state index contributed by atoms with van der Waals surface area (Å²) in [5.74, 6) is 0.167. The lowest BCUT2D eigenvalue weighted by Crippen LogP contribution is -2.27. The first-order valence-electron chi connectivity index (χ1n) is 7.08. The fraction of sp³-hybridized carbons (Fsp3) is 0.400. The highest BCUT2D eigenvalue weighted by Crippen LogP contribution is 2.23. The Hall–Kier alpha value is -2.35. The first kappa shape index (κ1) is 17.0. The number of aldehydes is 1. The number of anilines is 1. The molecule has 0 bridgehead atoms. The van der Waals surface area contributed by atoms with Crippen molar-refractivity contribution in [3.63, 3.8) is 0 Å². The smallest absolute Gasteiger partial charge is 0.414 e. The van der Waals surface area contributed by atoms with Crippen LogP contribution in [0.25, 0.3) is 10.6 Å². The molecular formula is C15H18N4O3S. The van der Waals surface area contributed by atoms with Gasteiger partial charge in [0.05, 0.1) is 5.69 Å². The van der Waals surface area contributed by atoms with Crippen LogP contribution >= 0.6 is 11.3 Å². The molecule has 0 spiro atoms. The summed E-state index contributed by atoms with van der Waals surface area (Å²) in [4.78, 5) is 34.6. The molecule has 0 radical (unpaired) electrons. The van der Waals surface area contributed by atoms with Gasteiger partial charge in [0, 0.05) is 29.8 Å². The standard InChI is InChI=1S/C15H18N4O3S/c1-15(2,3)22-14(21)19-13-16-7-10(8-17-13)12-18-11(9-23-12)5-4-6-20/h6-9H,4-5H2,1-3H3,(H,16,17,19,21). The van der Waals surface area contributed by atoms with Crippen LogP contribution in [0.2, 0.25) is 0 Å². The highest BCUT2D eigenvalue weighted by atomic mass is 32.1. The maximum absolute atomic E-state index is 11.6. The summed E-state index contributed by atoms with van der Waals surface area (Å²) in [6.45, 7) is 5.34. The summed E-state index contributed by atoms with van der Waals surface area (Å²) in [5.41, 5.74) is 1.04. The van der Waals surface area contributed by atoms with Gasteiger partial charge in [0.15, 0.2) is 0 Å². The van der Waals surface area contributed by atoms with Gasteiger partial charge in [0.1, 0.15) is 16.9 Å². The zero-order valence-electron chi connectivity index (χ0n) is 13.2. The van der Waals surface area contributed by atoms with Gasteiger partial charge >= 0.3 is 6.09 Å². The van der Waals surface area contributed by atoms with Crippen LogP contribution in [-0.2, 0) is 16.0 Å². The van der Waals surface area contributed by atoms with Gasteiger partial charge in [-0.2, -0.15) is 0 Å². The Balaban J connectivity index is 2.00. The molecule has 23 heavy (non-hydrogen) atoms. The van der Waals surface area contributed by atoms with E-state index < -0.39 is 11.7 Å². The largest absolute Gasteiger partial charge is 0.444 e. The summed E-state index contributed by atoms with van der Waals surface area (Å²) in [7, 11) is 0. The fourth-order valence-electron chi connectivity index (χ4n) is 1.66. The number of ether oxygens (including phenoxy) is 1. The molecule has 2 aromatic rings. The molecule has 0 aromatic carbocycles. The molecule has 0 aliphatic carbocycles. The normalized spacial score (nSPS) is 11.1. The molecule has 1 N–H and O–H groups in total. The van der Waals surface area contributed by atoms with Crippen molar-refractivity contribution in [3.05, 3.63) is 23.5 Å². The van der Waals surface area contributed by atoms with Crippen molar-refractivity contribution in [2.24, 2.45) is 0 Å². The van der Waals surface area contributed by atoms with Crippen LogP contribution in [0.3, 0.4) is 0 Å². The molecular weight excluding hydrogens is 316 g/mol. The predicted octanol–water partition coefficient (Wildman–Crippen LogP) is 3.08. The molecule has 1 amide bonds. The molecule has 0 unspecified atom stereocenters. The fourth-order valence-corrected chi connectivity index (χ4v) is 2.49. The predicted molar refractivity (Wildman–Crippen MR) is 87.4 cm³/mol. The molecule has 8 heteroatoms. The number of hydrogen-bond acceptors (Lipinski definition) is 7. The third kappa shape index (κ3) is 5.41. The molecule has 0 atom stereocenters. The van der Waals surface area contributed by atoms with Crippen molar-refractivity contribution in [2.45, 2.75) is 39.2 Å². The minimum Gasteiger partial charge on any atom is -0.444 e. The molecule has 0 aliphatic heterocycles. The van der Waals surface area contributed by atoms with E-state index in [1.54, 1.807) is 33.2 Å². The van der Waals surface area contributed by atoms with E-state index in [1.807, 2.05) is 5.38 Å². The molecule has 0 aliphatic rings. The quantitative estimate of drug-likeness (QED) is 0.845. The summed E-state index contributed by atoms with van der Waals surface area (Å²) in [5, 5.41) is 5.15. The number of thiazole rings is 1. The third-order valence-corrected chi connectivity index (χ3v) is 3.52. The molecule has 0 saturated heterocycles. The van der Waals surface area contributed by atoms with E-state index in [1.165, 1.54) is 11.3 Å². The zero-order chi connectivity index (χ0) is 16.9. The van der Waals surface area contributed by atoms with E-state index in [4.69, 9.17) is 4.74 Å². The van der Waals surface area contributed by atoms with Gasteiger partial charge in [-0.05, 0) is 27.2 Å². The Labute approximate surface area is 138 Å².